The van der Waals surface area contributed by atoms with Gasteiger partial charge in [-0.05, 0) is 17.2 Å². The molecule has 1 heterocycles. The van der Waals surface area contributed by atoms with Gasteiger partial charge in [0, 0.05) is 12.4 Å². The number of carbonyl (C=O) groups excluding carboxylic acids is 1. The number of carbonyl (C=O) groups is 1. The molecule has 0 aliphatic rings. The minimum atomic E-state index is -0.208. The van der Waals surface area contributed by atoms with Gasteiger partial charge in [0.2, 0.25) is 0 Å². The lowest BCUT2D eigenvalue weighted by molar-refractivity contribution is -0.108. The molecule has 1 aromatic carbocycles. The van der Waals surface area contributed by atoms with E-state index in [4.69, 9.17) is 0 Å². The van der Waals surface area contributed by atoms with E-state index >= 15 is 0 Å². The molecule has 2 heteroatoms. The standard InChI is InChI=1S/C13H11NO/c15-10-13(11-5-2-1-3-6-11)12-7-4-8-14-9-12/h1-10,13H. The van der Waals surface area contributed by atoms with Crippen LogP contribution >= 0.6 is 0 Å². The minimum Gasteiger partial charge on any atom is -0.302 e. The Labute approximate surface area is 88.6 Å². The second-order valence-corrected chi connectivity index (χ2v) is 3.31. The summed E-state index contributed by atoms with van der Waals surface area (Å²) in [5.41, 5.74) is 1.93. The van der Waals surface area contributed by atoms with Crippen LogP contribution in [-0.2, 0) is 4.79 Å². The quantitative estimate of drug-likeness (QED) is 0.707. The van der Waals surface area contributed by atoms with Gasteiger partial charge >= 0.3 is 0 Å². The van der Waals surface area contributed by atoms with Crippen LogP contribution in [0.2, 0.25) is 0 Å². The van der Waals surface area contributed by atoms with Crippen molar-refractivity contribution in [1.29, 1.82) is 0 Å². The summed E-state index contributed by atoms with van der Waals surface area (Å²) >= 11 is 0. The van der Waals surface area contributed by atoms with Crippen LogP contribution in [0.5, 0.6) is 0 Å². The molecule has 1 unspecified atom stereocenters. The molecule has 15 heavy (non-hydrogen) atoms. The average Bonchev–Trinajstić information content (AvgIpc) is 2.33. The van der Waals surface area contributed by atoms with Crippen molar-refractivity contribution >= 4 is 6.29 Å². The normalized spacial score (nSPS) is 12.0. The van der Waals surface area contributed by atoms with E-state index in [-0.39, 0.29) is 5.92 Å². The first-order chi connectivity index (χ1) is 7.42. The first kappa shape index (κ1) is 9.59. The summed E-state index contributed by atoms with van der Waals surface area (Å²) in [7, 11) is 0. The highest BCUT2D eigenvalue weighted by Crippen LogP contribution is 2.20. The average molecular weight is 197 g/mol. The van der Waals surface area contributed by atoms with Crippen LogP contribution in [0.1, 0.15) is 17.0 Å². The van der Waals surface area contributed by atoms with Crippen LogP contribution in [0, 0.1) is 0 Å². The molecule has 0 saturated heterocycles. The third-order valence-electron chi connectivity index (χ3n) is 2.34. The SMILES string of the molecule is O=CC(c1ccccc1)c1cccnc1. The molecule has 1 atom stereocenters. The number of benzene rings is 1. The molecule has 0 aliphatic heterocycles. The van der Waals surface area contributed by atoms with E-state index < -0.39 is 0 Å². The summed E-state index contributed by atoms with van der Waals surface area (Å²) < 4.78 is 0. The minimum absolute atomic E-state index is 0.208. The van der Waals surface area contributed by atoms with Crippen molar-refractivity contribution in [2.75, 3.05) is 0 Å². The van der Waals surface area contributed by atoms with E-state index in [9.17, 15) is 4.79 Å². The third-order valence-corrected chi connectivity index (χ3v) is 2.34. The van der Waals surface area contributed by atoms with E-state index in [0.717, 1.165) is 17.4 Å². The van der Waals surface area contributed by atoms with Gasteiger partial charge in [-0.25, -0.2) is 0 Å². The van der Waals surface area contributed by atoms with Gasteiger partial charge in [0.05, 0.1) is 5.92 Å². The molecule has 0 saturated carbocycles. The Kier molecular flexibility index (Phi) is 2.88. The fourth-order valence-corrected chi connectivity index (χ4v) is 1.57. The molecule has 0 fully saturated rings. The van der Waals surface area contributed by atoms with Gasteiger partial charge in [-0.15, -0.1) is 0 Å². The maximum absolute atomic E-state index is 11.1. The maximum atomic E-state index is 11.1. The molecule has 0 bridgehead atoms. The number of hydrogen-bond acceptors (Lipinski definition) is 2. The lowest BCUT2D eigenvalue weighted by Crippen LogP contribution is -2.02. The van der Waals surface area contributed by atoms with Gasteiger partial charge in [-0.1, -0.05) is 36.4 Å². The number of rotatable bonds is 3. The van der Waals surface area contributed by atoms with Crippen molar-refractivity contribution in [3.8, 4) is 0 Å². The van der Waals surface area contributed by atoms with Crippen molar-refractivity contribution in [1.82, 2.24) is 4.98 Å². The van der Waals surface area contributed by atoms with Gasteiger partial charge in [-0.2, -0.15) is 0 Å². The molecular formula is C13H11NO. The maximum Gasteiger partial charge on any atom is 0.131 e. The van der Waals surface area contributed by atoms with Crippen LogP contribution < -0.4 is 0 Å². The molecule has 0 N–H and O–H groups in total. The Bertz CT molecular complexity index is 385. The van der Waals surface area contributed by atoms with E-state index in [1.54, 1.807) is 12.4 Å². The molecule has 1 aromatic heterocycles. The summed E-state index contributed by atoms with van der Waals surface area (Å²) in [6.07, 6.45) is 4.38. The fraction of sp³-hybridized carbons (Fsp3) is 0.0769. The summed E-state index contributed by atoms with van der Waals surface area (Å²) in [5.74, 6) is -0.208. The van der Waals surface area contributed by atoms with Crippen molar-refractivity contribution in [2.45, 2.75) is 5.92 Å². The molecule has 2 nitrogen and oxygen atoms in total. The Morgan fingerprint density at radius 2 is 1.73 bits per heavy atom. The monoisotopic (exact) mass is 197 g/mol. The van der Waals surface area contributed by atoms with Gasteiger partial charge < -0.3 is 4.79 Å². The third kappa shape index (κ3) is 2.10. The second kappa shape index (κ2) is 4.51. The largest absolute Gasteiger partial charge is 0.302 e. The molecule has 74 valence electrons. The van der Waals surface area contributed by atoms with Gasteiger partial charge in [-0.3, -0.25) is 4.98 Å². The highest BCUT2D eigenvalue weighted by atomic mass is 16.1. The number of aromatic nitrogens is 1. The summed E-state index contributed by atoms with van der Waals surface area (Å²) in [6.45, 7) is 0. The summed E-state index contributed by atoms with van der Waals surface area (Å²) in [5, 5.41) is 0. The highest BCUT2D eigenvalue weighted by molar-refractivity contribution is 5.67. The van der Waals surface area contributed by atoms with E-state index in [1.807, 2.05) is 42.5 Å². The molecule has 0 amide bonds. The number of pyridine rings is 1. The Morgan fingerprint density at radius 3 is 2.33 bits per heavy atom. The van der Waals surface area contributed by atoms with Gasteiger partial charge in [0.1, 0.15) is 6.29 Å². The van der Waals surface area contributed by atoms with Crippen LogP contribution in [-0.4, -0.2) is 11.3 Å². The Balaban J connectivity index is 2.38. The summed E-state index contributed by atoms with van der Waals surface area (Å²) in [6, 6.07) is 13.5. The van der Waals surface area contributed by atoms with E-state index in [2.05, 4.69) is 4.98 Å². The lowest BCUT2D eigenvalue weighted by atomic mass is 9.94. The van der Waals surface area contributed by atoms with Gasteiger partial charge in [0.25, 0.3) is 0 Å². The lowest BCUT2D eigenvalue weighted by Gasteiger charge is -2.09. The predicted molar refractivity (Wildman–Crippen MR) is 58.6 cm³/mol. The molecule has 2 aromatic rings. The molecular weight excluding hydrogens is 186 g/mol. The van der Waals surface area contributed by atoms with Crippen molar-refractivity contribution in [3.05, 3.63) is 66.0 Å². The van der Waals surface area contributed by atoms with Crippen molar-refractivity contribution in [3.63, 3.8) is 0 Å². The highest BCUT2D eigenvalue weighted by Gasteiger charge is 2.11. The summed E-state index contributed by atoms with van der Waals surface area (Å²) in [4.78, 5) is 15.1. The molecule has 0 aliphatic carbocycles. The van der Waals surface area contributed by atoms with Crippen molar-refractivity contribution in [2.24, 2.45) is 0 Å². The number of aldehydes is 1. The zero-order valence-corrected chi connectivity index (χ0v) is 8.21. The van der Waals surface area contributed by atoms with Gasteiger partial charge in [0.15, 0.2) is 0 Å². The number of nitrogens with zero attached hydrogens (tertiary/aromatic N) is 1. The smallest absolute Gasteiger partial charge is 0.131 e. The molecule has 0 spiro atoms. The molecule has 0 radical (unpaired) electrons. The van der Waals surface area contributed by atoms with Crippen molar-refractivity contribution < 1.29 is 4.79 Å². The van der Waals surface area contributed by atoms with E-state index in [0.29, 0.717) is 0 Å². The van der Waals surface area contributed by atoms with Crippen LogP contribution in [0.25, 0.3) is 0 Å². The first-order valence-electron chi connectivity index (χ1n) is 4.82. The zero-order valence-electron chi connectivity index (χ0n) is 8.21. The van der Waals surface area contributed by atoms with Crippen LogP contribution in [0.3, 0.4) is 0 Å². The second-order valence-electron chi connectivity index (χ2n) is 3.31. The zero-order chi connectivity index (χ0) is 10.5. The first-order valence-corrected chi connectivity index (χ1v) is 4.82. The van der Waals surface area contributed by atoms with Crippen LogP contribution in [0.4, 0.5) is 0 Å². The fourth-order valence-electron chi connectivity index (χ4n) is 1.57. The Hall–Kier alpha value is -1.96. The van der Waals surface area contributed by atoms with Crippen LogP contribution in [0.15, 0.2) is 54.9 Å². The van der Waals surface area contributed by atoms with E-state index in [1.165, 1.54) is 0 Å². The predicted octanol–water partition coefficient (Wildman–Crippen LogP) is 2.41. The topological polar surface area (TPSA) is 30.0 Å². The Morgan fingerprint density at radius 1 is 1.00 bits per heavy atom. The number of hydrogen-bond donors (Lipinski definition) is 0. The molecule has 2 rings (SSSR count).